The van der Waals surface area contributed by atoms with Crippen molar-refractivity contribution in [1.82, 2.24) is 9.88 Å². The molecule has 0 radical (unpaired) electrons. The van der Waals surface area contributed by atoms with Crippen molar-refractivity contribution in [3.8, 4) is 6.07 Å². The Kier molecular flexibility index (Phi) is 5.25. The number of thiophene rings is 1. The van der Waals surface area contributed by atoms with Crippen LogP contribution in [0.2, 0.25) is 0 Å². The minimum atomic E-state index is -0.434. The van der Waals surface area contributed by atoms with Crippen molar-refractivity contribution in [1.29, 1.82) is 5.26 Å². The Hall–Kier alpha value is -2.39. The highest BCUT2D eigenvalue weighted by atomic mass is 32.1. The first-order valence-electron chi connectivity index (χ1n) is 7.67. The number of aromatic nitrogens is 1. The van der Waals surface area contributed by atoms with Crippen LogP contribution in [0.5, 0.6) is 0 Å². The Labute approximate surface area is 145 Å². The Morgan fingerprint density at radius 2 is 2.12 bits per heavy atom. The number of rotatable bonds is 4. The molecule has 0 saturated carbocycles. The molecule has 0 fully saturated rings. The van der Waals surface area contributed by atoms with Crippen LogP contribution in [0.3, 0.4) is 0 Å². The fourth-order valence-electron chi connectivity index (χ4n) is 2.46. The maximum absolute atomic E-state index is 12.5. The van der Waals surface area contributed by atoms with E-state index in [-0.39, 0.29) is 29.5 Å². The second-order valence-corrected chi connectivity index (χ2v) is 7.78. The summed E-state index contributed by atoms with van der Waals surface area (Å²) in [6, 6.07) is 7.38. The summed E-state index contributed by atoms with van der Waals surface area (Å²) in [5, 5.41) is 14.1. The van der Waals surface area contributed by atoms with E-state index in [9.17, 15) is 9.59 Å². The predicted octanol–water partition coefficient (Wildman–Crippen LogP) is 2.99. The fourth-order valence-corrected chi connectivity index (χ4v) is 3.48. The Balaban J connectivity index is 2.22. The molecule has 5 nitrogen and oxygen atoms in total. The zero-order valence-electron chi connectivity index (χ0n) is 14.3. The van der Waals surface area contributed by atoms with E-state index in [4.69, 9.17) is 5.26 Å². The van der Waals surface area contributed by atoms with Gasteiger partial charge in [0.15, 0.2) is 0 Å². The molecule has 0 spiro atoms. The number of nitrogens with one attached hydrogen (secondary N) is 1. The zero-order valence-corrected chi connectivity index (χ0v) is 15.1. The van der Waals surface area contributed by atoms with Crippen molar-refractivity contribution in [3.63, 3.8) is 0 Å². The van der Waals surface area contributed by atoms with Gasteiger partial charge in [0.25, 0.3) is 5.56 Å². The highest BCUT2D eigenvalue weighted by Crippen LogP contribution is 2.35. The molecule has 126 valence electrons. The van der Waals surface area contributed by atoms with E-state index in [0.717, 1.165) is 4.88 Å². The van der Waals surface area contributed by atoms with Crippen LogP contribution in [0.4, 0.5) is 0 Å². The van der Waals surface area contributed by atoms with Gasteiger partial charge in [-0.3, -0.25) is 9.59 Å². The number of nitrogens with zero attached hydrogens (tertiary/aromatic N) is 2. The summed E-state index contributed by atoms with van der Waals surface area (Å²) < 4.78 is 1.27. The van der Waals surface area contributed by atoms with E-state index in [2.05, 4.69) is 26.1 Å². The number of carbonyl (C=O) groups excluding carboxylic acids is 1. The van der Waals surface area contributed by atoms with Crippen molar-refractivity contribution in [2.24, 2.45) is 5.41 Å². The Bertz CT molecular complexity index is 823. The van der Waals surface area contributed by atoms with Gasteiger partial charge in [0.1, 0.15) is 18.2 Å². The van der Waals surface area contributed by atoms with Crippen LogP contribution >= 0.6 is 11.3 Å². The van der Waals surface area contributed by atoms with Gasteiger partial charge in [-0.05, 0) is 35.4 Å². The summed E-state index contributed by atoms with van der Waals surface area (Å²) >= 11 is 1.59. The number of hydrogen-bond donors (Lipinski definition) is 1. The Morgan fingerprint density at radius 1 is 1.42 bits per heavy atom. The van der Waals surface area contributed by atoms with Crippen LogP contribution in [0.25, 0.3) is 0 Å². The standard InChI is InChI=1S/C18H21N3O2S/c1-12-7-8-21(17(23)13(12)10-19)11-15(22)20-16(18(2,3)4)14-6-5-9-24-14/h5-9,16H,11H2,1-4H3,(H,20,22). The molecule has 0 aliphatic rings. The molecule has 1 atom stereocenters. The van der Waals surface area contributed by atoms with Crippen LogP contribution in [0.1, 0.15) is 42.8 Å². The lowest BCUT2D eigenvalue weighted by molar-refractivity contribution is -0.123. The molecule has 1 amide bonds. The number of carbonyl (C=O) groups is 1. The molecular weight excluding hydrogens is 322 g/mol. The van der Waals surface area contributed by atoms with Gasteiger partial charge >= 0.3 is 0 Å². The molecule has 2 aromatic rings. The van der Waals surface area contributed by atoms with Crippen molar-refractivity contribution in [3.05, 3.63) is 56.1 Å². The van der Waals surface area contributed by atoms with Crippen LogP contribution in [-0.2, 0) is 11.3 Å². The van der Waals surface area contributed by atoms with Crippen molar-refractivity contribution >= 4 is 17.2 Å². The van der Waals surface area contributed by atoms with Crippen LogP contribution in [0, 0.1) is 23.7 Å². The van der Waals surface area contributed by atoms with Gasteiger partial charge in [-0.15, -0.1) is 11.3 Å². The SMILES string of the molecule is Cc1ccn(CC(=O)NC(c2cccs2)C(C)(C)C)c(=O)c1C#N. The molecule has 0 aliphatic carbocycles. The molecule has 2 rings (SSSR count). The molecule has 0 aliphatic heterocycles. The van der Waals surface area contributed by atoms with E-state index in [1.54, 1.807) is 30.5 Å². The van der Waals surface area contributed by atoms with E-state index in [0.29, 0.717) is 5.56 Å². The number of pyridine rings is 1. The third kappa shape index (κ3) is 3.92. The maximum Gasteiger partial charge on any atom is 0.269 e. The summed E-state index contributed by atoms with van der Waals surface area (Å²) in [6.07, 6.45) is 1.55. The predicted molar refractivity (Wildman–Crippen MR) is 94.8 cm³/mol. The van der Waals surface area contributed by atoms with Gasteiger partial charge in [-0.25, -0.2) is 0 Å². The first-order valence-corrected chi connectivity index (χ1v) is 8.55. The van der Waals surface area contributed by atoms with Crippen LogP contribution < -0.4 is 10.9 Å². The largest absolute Gasteiger partial charge is 0.346 e. The minimum Gasteiger partial charge on any atom is -0.346 e. The topological polar surface area (TPSA) is 74.9 Å². The first kappa shape index (κ1) is 18.0. The molecule has 0 saturated heterocycles. The first-order chi connectivity index (χ1) is 11.2. The minimum absolute atomic E-state index is 0.0796. The lowest BCUT2D eigenvalue weighted by Gasteiger charge is -2.31. The summed E-state index contributed by atoms with van der Waals surface area (Å²) in [6.45, 7) is 7.78. The second-order valence-electron chi connectivity index (χ2n) is 6.80. The summed E-state index contributed by atoms with van der Waals surface area (Å²) in [5.74, 6) is -0.252. The monoisotopic (exact) mass is 343 g/mol. The van der Waals surface area contributed by atoms with E-state index in [1.807, 2.05) is 23.6 Å². The number of hydrogen-bond acceptors (Lipinski definition) is 4. The van der Waals surface area contributed by atoms with E-state index < -0.39 is 5.56 Å². The lowest BCUT2D eigenvalue weighted by Crippen LogP contribution is -2.39. The maximum atomic E-state index is 12.5. The van der Waals surface area contributed by atoms with Gasteiger partial charge in [-0.1, -0.05) is 26.8 Å². The number of amides is 1. The molecule has 1 N–H and O–H groups in total. The quantitative estimate of drug-likeness (QED) is 0.927. The molecule has 0 aromatic carbocycles. The van der Waals surface area contributed by atoms with Crippen molar-refractivity contribution < 1.29 is 4.79 Å². The highest BCUT2D eigenvalue weighted by Gasteiger charge is 2.28. The molecule has 6 heteroatoms. The second kappa shape index (κ2) is 7.02. The molecule has 24 heavy (non-hydrogen) atoms. The van der Waals surface area contributed by atoms with Gasteiger partial charge in [0.05, 0.1) is 6.04 Å². The molecule has 0 bridgehead atoms. The van der Waals surface area contributed by atoms with Crippen LogP contribution in [0.15, 0.2) is 34.6 Å². The third-order valence-corrected chi connectivity index (χ3v) is 4.74. The van der Waals surface area contributed by atoms with Gasteiger partial charge < -0.3 is 9.88 Å². The summed E-state index contributed by atoms with van der Waals surface area (Å²) in [7, 11) is 0. The summed E-state index contributed by atoms with van der Waals surface area (Å²) in [4.78, 5) is 25.8. The van der Waals surface area contributed by atoms with Crippen molar-refractivity contribution in [2.45, 2.75) is 40.3 Å². The van der Waals surface area contributed by atoms with Gasteiger partial charge in [0.2, 0.25) is 5.91 Å². The third-order valence-electron chi connectivity index (χ3n) is 3.80. The highest BCUT2D eigenvalue weighted by molar-refractivity contribution is 7.10. The van der Waals surface area contributed by atoms with Gasteiger partial charge in [0, 0.05) is 11.1 Å². The number of nitriles is 1. The molecule has 1 unspecified atom stereocenters. The molecule has 2 heterocycles. The average Bonchev–Trinajstić information content (AvgIpc) is 3.01. The Morgan fingerprint density at radius 3 is 2.67 bits per heavy atom. The zero-order chi connectivity index (χ0) is 17.9. The fraction of sp³-hybridized carbons (Fsp3) is 0.389. The smallest absolute Gasteiger partial charge is 0.269 e. The molecule has 2 aromatic heterocycles. The summed E-state index contributed by atoms with van der Waals surface area (Å²) in [5.41, 5.74) is 0.105. The van der Waals surface area contributed by atoms with Gasteiger partial charge in [-0.2, -0.15) is 5.26 Å². The van der Waals surface area contributed by atoms with Crippen LogP contribution in [-0.4, -0.2) is 10.5 Å². The van der Waals surface area contributed by atoms with Crippen molar-refractivity contribution in [2.75, 3.05) is 0 Å². The van der Waals surface area contributed by atoms with E-state index >= 15 is 0 Å². The normalized spacial score (nSPS) is 12.5. The molecular formula is C18H21N3O2S. The average molecular weight is 343 g/mol. The van der Waals surface area contributed by atoms with E-state index in [1.165, 1.54) is 4.57 Å². The lowest BCUT2D eigenvalue weighted by atomic mass is 9.85. The number of aryl methyl sites for hydroxylation is 1.